The first kappa shape index (κ1) is 17.0. The lowest BCUT2D eigenvalue weighted by Gasteiger charge is -2.18. The molecule has 3 aromatic rings. The number of rotatable bonds is 6. The van der Waals surface area contributed by atoms with E-state index in [1.807, 2.05) is 30.6 Å². The van der Waals surface area contributed by atoms with Gasteiger partial charge in [0, 0.05) is 26.7 Å². The van der Waals surface area contributed by atoms with Crippen LogP contribution < -0.4 is 5.32 Å². The predicted molar refractivity (Wildman–Crippen MR) is 95.6 cm³/mol. The molecule has 2 aromatic carbocycles. The molecule has 25 heavy (non-hydrogen) atoms. The molecule has 0 aliphatic carbocycles. The number of hydrogen-bond donors (Lipinski definition) is 1. The van der Waals surface area contributed by atoms with Gasteiger partial charge in [0.25, 0.3) is 0 Å². The summed E-state index contributed by atoms with van der Waals surface area (Å²) in [5.74, 6) is -0.275. The van der Waals surface area contributed by atoms with Crippen LogP contribution in [0.15, 0.2) is 54.9 Å². The van der Waals surface area contributed by atoms with E-state index in [0.29, 0.717) is 13.1 Å². The molecule has 0 atom stereocenters. The Bertz CT molecular complexity index is 844. The smallest absolute Gasteiger partial charge is 0.317 e. The Hall–Kier alpha value is -2.89. The van der Waals surface area contributed by atoms with Crippen LogP contribution in [0.5, 0.6) is 0 Å². The second-order valence-electron chi connectivity index (χ2n) is 5.99. The van der Waals surface area contributed by atoms with Gasteiger partial charge in [-0.3, -0.25) is 0 Å². The Morgan fingerprint density at radius 2 is 1.96 bits per heavy atom. The highest BCUT2D eigenvalue weighted by molar-refractivity contribution is 5.75. The number of imidazole rings is 1. The summed E-state index contributed by atoms with van der Waals surface area (Å²) in [5.41, 5.74) is 2.97. The number of carbonyl (C=O) groups excluding carboxylic acids is 1. The molecule has 1 aromatic heterocycles. The highest BCUT2D eigenvalue weighted by Gasteiger charge is 2.08. The van der Waals surface area contributed by atoms with E-state index < -0.39 is 0 Å². The van der Waals surface area contributed by atoms with Gasteiger partial charge in [0.2, 0.25) is 0 Å². The van der Waals surface area contributed by atoms with Gasteiger partial charge >= 0.3 is 6.03 Å². The number of aryl methyl sites for hydroxylation is 1. The maximum atomic E-state index is 12.9. The molecule has 0 aliphatic rings. The van der Waals surface area contributed by atoms with E-state index in [4.69, 9.17) is 0 Å². The second-order valence-corrected chi connectivity index (χ2v) is 5.99. The van der Waals surface area contributed by atoms with E-state index in [1.54, 1.807) is 24.1 Å². The van der Waals surface area contributed by atoms with Crippen LogP contribution in [-0.4, -0.2) is 34.1 Å². The first-order valence-corrected chi connectivity index (χ1v) is 8.27. The van der Waals surface area contributed by atoms with Gasteiger partial charge in [-0.15, -0.1) is 0 Å². The van der Waals surface area contributed by atoms with Crippen molar-refractivity contribution in [2.45, 2.75) is 19.5 Å². The zero-order chi connectivity index (χ0) is 17.6. The fraction of sp³-hybridized carbons (Fsp3) is 0.263. The molecule has 0 fully saturated rings. The van der Waals surface area contributed by atoms with Crippen molar-refractivity contribution in [3.63, 3.8) is 0 Å². The summed E-state index contributed by atoms with van der Waals surface area (Å²) in [6.45, 7) is 1.82. The molecule has 5 nitrogen and oxygen atoms in total. The zero-order valence-corrected chi connectivity index (χ0v) is 14.2. The minimum Gasteiger partial charge on any atom is -0.338 e. The molecule has 0 spiro atoms. The lowest BCUT2D eigenvalue weighted by Crippen LogP contribution is -2.37. The Kier molecular flexibility index (Phi) is 5.28. The Labute approximate surface area is 146 Å². The highest BCUT2D eigenvalue weighted by Crippen LogP contribution is 2.12. The number of urea groups is 1. The summed E-state index contributed by atoms with van der Waals surface area (Å²) >= 11 is 0. The molecule has 0 radical (unpaired) electrons. The van der Waals surface area contributed by atoms with Gasteiger partial charge in [-0.1, -0.05) is 24.3 Å². The van der Waals surface area contributed by atoms with Crippen molar-refractivity contribution in [1.82, 2.24) is 19.8 Å². The molecule has 1 heterocycles. The normalized spacial score (nSPS) is 10.8. The van der Waals surface area contributed by atoms with Crippen LogP contribution in [0.2, 0.25) is 0 Å². The number of carbonyl (C=O) groups is 1. The number of benzene rings is 2. The van der Waals surface area contributed by atoms with Crippen molar-refractivity contribution in [3.05, 3.63) is 66.2 Å². The van der Waals surface area contributed by atoms with Crippen LogP contribution in [0.1, 0.15) is 12.0 Å². The lowest BCUT2D eigenvalue weighted by atomic mass is 10.2. The highest BCUT2D eigenvalue weighted by atomic mass is 19.1. The summed E-state index contributed by atoms with van der Waals surface area (Å²) in [6.07, 6.45) is 2.64. The van der Waals surface area contributed by atoms with Crippen LogP contribution in [0, 0.1) is 5.82 Å². The fourth-order valence-corrected chi connectivity index (χ4v) is 2.70. The zero-order valence-electron chi connectivity index (χ0n) is 14.2. The summed E-state index contributed by atoms with van der Waals surface area (Å²) in [7, 11) is 1.72. The molecule has 0 unspecified atom stereocenters. The Morgan fingerprint density at radius 1 is 1.20 bits per heavy atom. The third kappa shape index (κ3) is 4.35. The quantitative estimate of drug-likeness (QED) is 0.699. The van der Waals surface area contributed by atoms with Gasteiger partial charge in [-0.05, 0) is 36.2 Å². The predicted octanol–water partition coefficient (Wildman–Crippen LogP) is 3.41. The first-order valence-electron chi connectivity index (χ1n) is 8.27. The van der Waals surface area contributed by atoms with Gasteiger partial charge in [0.05, 0.1) is 17.4 Å². The summed E-state index contributed by atoms with van der Waals surface area (Å²) in [6, 6.07) is 14.0. The van der Waals surface area contributed by atoms with Crippen molar-refractivity contribution in [1.29, 1.82) is 0 Å². The number of fused-ring (bicyclic) bond motifs is 1. The SMILES string of the molecule is CN(Cc1ccc(F)cc1)C(=O)NCCCn1cnc2ccccc21. The van der Waals surface area contributed by atoms with Crippen molar-refractivity contribution in [3.8, 4) is 0 Å². The Morgan fingerprint density at radius 3 is 2.76 bits per heavy atom. The first-order chi connectivity index (χ1) is 12.1. The molecule has 6 heteroatoms. The molecule has 3 rings (SSSR count). The maximum Gasteiger partial charge on any atom is 0.317 e. The second kappa shape index (κ2) is 7.79. The Balaban J connectivity index is 1.43. The van der Waals surface area contributed by atoms with Gasteiger partial charge < -0.3 is 14.8 Å². The third-order valence-corrected chi connectivity index (χ3v) is 4.06. The number of nitrogens with zero attached hydrogens (tertiary/aromatic N) is 3. The van der Waals surface area contributed by atoms with E-state index in [2.05, 4.69) is 14.9 Å². The standard InChI is InChI=1S/C19H21FN4O/c1-23(13-15-7-9-16(20)10-8-15)19(25)21-11-4-12-24-14-22-17-5-2-3-6-18(17)24/h2-3,5-10,14H,4,11-13H2,1H3,(H,21,25). The molecule has 2 amide bonds. The van der Waals surface area contributed by atoms with Crippen LogP contribution in [0.25, 0.3) is 11.0 Å². The van der Waals surface area contributed by atoms with Crippen LogP contribution in [-0.2, 0) is 13.1 Å². The molecule has 130 valence electrons. The number of nitrogens with one attached hydrogen (secondary N) is 1. The lowest BCUT2D eigenvalue weighted by molar-refractivity contribution is 0.206. The number of hydrogen-bond acceptors (Lipinski definition) is 2. The van der Waals surface area contributed by atoms with E-state index in [-0.39, 0.29) is 11.8 Å². The van der Waals surface area contributed by atoms with E-state index in [1.165, 1.54) is 12.1 Å². The van der Waals surface area contributed by atoms with Gasteiger partial charge in [-0.2, -0.15) is 0 Å². The number of aromatic nitrogens is 2. The topological polar surface area (TPSA) is 50.2 Å². The largest absolute Gasteiger partial charge is 0.338 e. The third-order valence-electron chi connectivity index (χ3n) is 4.06. The van der Waals surface area contributed by atoms with Crippen molar-refractivity contribution < 1.29 is 9.18 Å². The molecule has 1 N–H and O–H groups in total. The monoisotopic (exact) mass is 340 g/mol. The van der Waals surface area contributed by atoms with Gasteiger partial charge in [0.1, 0.15) is 5.82 Å². The number of amides is 2. The minimum absolute atomic E-state index is 0.139. The summed E-state index contributed by atoms with van der Waals surface area (Å²) in [4.78, 5) is 18.0. The summed E-state index contributed by atoms with van der Waals surface area (Å²) in [5, 5.41) is 2.90. The van der Waals surface area contributed by atoms with Crippen molar-refractivity contribution in [2.75, 3.05) is 13.6 Å². The minimum atomic E-state index is -0.275. The maximum absolute atomic E-state index is 12.9. The van der Waals surface area contributed by atoms with Gasteiger partial charge in [0.15, 0.2) is 0 Å². The fourth-order valence-electron chi connectivity index (χ4n) is 2.70. The van der Waals surface area contributed by atoms with Crippen LogP contribution >= 0.6 is 0 Å². The summed E-state index contributed by atoms with van der Waals surface area (Å²) < 4.78 is 15.0. The van der Waals surface area contributed by atoms with Crippen LogP contribution in [0.4, 0.5) is 9.18 Å². The molecule has 0 saturated carbocycles. The molecule has 0 bridgehead atoms. The van der Waals surface area contributed by atoms with Gasteiger partial charge in [-0.25, -0.2) is 14.2 Å². The molecular formula is C19H21FN4O. The number of para-hydroxylation sites is 2. The van der Waals surface area contributed by atoms with E-state index in [0.717, 1.165) is 29.6 Å². The average Bonchev–Trinajstić information content (AvgIpc) is 3.03. The van der Waals surface area contributed by atoms with E-state index in [9.17, 15) is 9.18 Å². The average molecular weight is 340 g/mol. The van der Waals surface area contributed by atoms with Crippen LogP contribution in [0.3, 0.4) is 0 Å². The molecular weight excluding hydrogens is 319 g/mol. The molecule has 0 saturated heterocycles. The van der Waals surface area contributed by atoms with Crippen molar-refractivity contribution in [2.24, 2.45) is 0 Å². The van der Waals surface area contributed by atoms with E-state index >= 15 is 0 Å². The van der Waals surface area contributed by atoms with Crippen molar-refractivity contribution >= 4 is 17.1 Å². The molecule has 0 aliphatic heterocycles. The number of halogens is 1.